The minimum Gasteiger partial charge on any atom is -0.395 e. The van der Waals surface area contributed by atoms with Gasteiger partial charge in [-0.2, -0.15) is 0 Å². The fourth-order valence-electron chi connectivity index (χ4n) is 1.43. The quantitative estimate of drug-likeness (QED) is 0.842. The number of rotatable bonds is 6. The Bertz CT molecular complexity index is 431. The number of hydrogen-bond acceptors (Lipinski definition) is 3. The number of ether oxygens (including phenoxy) is 1. The molecule has 5 nitrogen and oxygen atoms in total. The highest BCUT2D eigenvalue weighted by molar-refractivity contribution is 6.31. The Morgan fingerprint density at radius 3 is 2.89 bits per heavy atom. The van der Waals surface area contributed by atoms with E-state index in [0.29, 0.717) is 13.2 Å². The van der Waals surface area contributed by atoms with E-state index in [0.717, 1.165) is 0 Å². The van der Waals surface area contributed by atoms with E-state index < -0.39 is 11.8 Å². The summed E-state index contributed by atoms with van der Waals surface area (Å²) in [6.45, 7) is 0.572. The van der Waals surface area contributed by atoms with Gasteiger partial charge in [-0.1, -0.05) is 17.7 Å². The molecule has 0 aromatic heterocycles. The van der Waals surface area contributed by atoms with E-state index in [2.05, 4.69) is 5.32 Å². The average Bonchev–Trinajstić information content (AvgIpc) is 2.39. The molecule has 0 heterocycles. The molecule has 0 aliphatic carbocycles. The molecule has 0 fully saturated rings. The van der Waals surface area contributed by atoms with Crippen LogP contribution in [0.5, 0.6) is 0 Å². The number of benzene rings is 1. The average molecular weight is 291 g/mol. The van der Waals surface area contributed by atoms with E-state index in [1.165, 1.54) is 30.2 Å². The normalized spacial score (nSPS) is 10.3. The summed E-state index contributed by atoms with van der Waals surface area (Å²) in [6, 6.07) is 3.81. The van der Waals surface area contributed by atoms with Crippen LogP contribution in [0.1, 0.15) is 0 Å². The summed E-state index contributed by atoms with van der Waals surface area (Å²) in [7, 11) is 1.51. The lowest BCUT2D eigenvalue weighted by molar-refractivity contribution is 0.142. The van der Waals surface area contributed by atoms with Gasteiger partial charge in [0, 0.05) is 20.2 Å². The van der Waals surface area contributed by atoms with Crippen LogP contribution in [-0.2, 0) is 4.74 Å². The first kappa shape index (κ1) is 15.7. The van der Waals surface area contributed by atoms with Crippen molar-refractivity contribution in [3.8, 4) is 0 Å². The molecule has 2 N–H and O–H groups in total. The molecular weight excluding hydrogens is 275 g/mol. The first-order valence-electron chi connectivity index (χ1n) is 5.70. The van der Waals surface area contributed by atoms with Crippen molar-refractivity contribution in [3.05, 3.63) is 29.0 Å². The van der Waals surface area contributed by atoms with Crippen LogP contribution < -0.4 is 5.32 Å². The Balaban J connectivity index is 2.72. The highest BCUT2D eigenvalue weighted by Crippen LogP contribution is 2.22. The summed E-state index contributed by atoms with van der Waals surface area (Å²) in [4.78, 5) is 13.2. The molecule has 7 heteroatoms. The zero-order valence-electron chi connectivity index (χ0n) is 10.5. The summed E-state index contributed by atoms with van der Waals surface area (Å²) < 4.78 is 18.5. The lowest BCUT2D eigenvalue weighted by Gasteiger charge is -2.22. The Morgan fingerprint density at radius 1 is 1.53 bits per heavy atom. The Hall–Kier alpha value is -1.37. The van der Waals surface area contributed by atoms with Crippen LogP contribution in [0.3, 0.4) is 0 Å². The molecule has 1 rings (SSSR count). The van der Waals surface area contributed by atoms with Gasteiger partial charge in [-0.15, -0.1) is 0 Å². The van der Waals surface area contributed by atoms with Crippen LogP contribution in [0, 0.1) is 5.82 Å². The third-order valence-corrected chi connectivity index (χ3v) is 2.71. The molecule has 0 saturated heterocycles. The summed E-state index contributed by atoms with van der Waals surface area (Å²) in [5.74, 6) is -0.687. The largest absolute Gasteiger partial charge is 0.395 e. The first-order chi connectivity index (χ1) is 9.10. The van der Waals surface area contributed by atoms with Crippen molar-refractivity contribution in [1.82, 2.24) is 4.90 Å². The van der Waals surface area contributed by atoms with Crippen LogP contribution >= 0.6 is 11.6 Å². The third kappa shape index (κ3) is 4.66. The number of anilines is 1. The second-order valence-corrected chi connectivity index (χ2v) is 4.14. The zero-order valence-corrected chi connectivity index (χ0v) is 11.3. The van der Waals surface area contributed by atoms with Crippen LogP contribution in [-0.4, -0.2) is 49.5 Å². The van der Waals surface area contributed by atoms with Gasteiger partial charge < -0.3 is 20.1 Å². The number of nitrogens with one attached hydrogen (secondary N) is 1. The van der Waals surface area contributed by atoms with Gasteiger partial charge in [-0.3, -0.25) is 0 Å². The van der Waals surface area contributed by atoms with Crippen molar-refractivity contribution in [2.45, 2.75) is 0 Å². The third-order valence-electron chi connectivity index (χ3n) is 2.42. The molecule has 0 saturated carbocycles. The highest BCUT2D eigenvalue weighted by Gasteiger charge is 2.15. The minimum absolute atomic E-state index is 0.00198. The predicted octanol–water partition coefficient (Wildman–Crippen LogP) is 1.95. The number of nitrogens with zero attached hydrogens (tertiary/aromatic N) is 1. The second-order valence-electron chi connectivity index (χ2n) is 3.73. The van der Waals surface area contributed by atoms with Gasteiger partial charge in [-0.05, 0) is 12.1 Å². The predicted molar refractivity (Wildman–Crippen MR) is 71.0 cm³/mol. The highest BCUT2D eigenvalue weighted by atomic mass is 35.5. The maximum atomic E-state index is 13.6. The molecular formula is C12H16ClFN2O3. The smallest absolute Gasteiger partial charge is 0.322 e. The van der Waals surface area contributed by atoms with E-state index in [4.69, 9.17) is 21.4 Å². The molecule has 0 spiro atoms. The number of amides is 2. The number of halogens is 2. The molecule has 0 aliphatic heterocycles. The van der Waals surface area contributed by atoms with E-state index in [9.17, 15) is 9.18 Å². The molecule has 1 aromatic carbocycles. The topological polar surface area (TPSA) is 61.8 Å². The van der Waals surface area contributed by atoms with E-state index in [-0.39, 0.29) is 23.9 Å². The van der Waals surface area contributed by atoms with Gasteiger partial charge in [0.25, 0.3) is 0 Å². The molecule has 19 heavy (non-hydrogen) atoms. The maximum absolute atomic E-state index is 13.6. The monoisotopic (exact) mass is 290 g/mol. The maximum Gasteiger partial charge on any atom is 0.322 e. The number of methoxy groups -OCH3 is 1. The van der Waals surface area contributed by atoms with Crippen LogP contribution in [0.15, 0.2) is 18.2 Å². The number of urea groups is 1. The zero-order chi connectivity index (χ0) is 14.3. The van der Waals surface area contributed by atoms with Gasteiger partial charge in [0.15, 0.2) is 5.82 Å². The lowest BCUT2D eigenvalue weighted by Crippen LogP contribution is -2.39. The molecule has 106 valence electrons. The number of aliphatic hydroxyl groups excluding tert-OH is 1. The van der Waals surface area contributed by atoms with Crippen LogP contribution in [0.2, 0.25) is 5.02 Å². The van der Waals surface area contributed by atoms with Crippen molar-refractivity contribution in [2.75, 3.05) is 38.7 Å². The van der Waals surface area contributed by atoms with Gasteiger partial charge in [0.1, 0.15) is 0 Å². The molecule has 2 amide bonds. The number of carbonyl (C=O) groups excluding carboxylic acids is 1. The summed E-state index contributed by atoms with van der Waals surface area (Å²) >= 11 is 5.62. The molecule has 0 radical (unpaired) electrons. The van der Waals surface area contributed by atoms with Gasteiger partial charge in [-0.25, -0.2) is 9.18 Å². The fourth-order valence-corrected chi connectivity index (χ4v) is 1.61. The molecule has 0 aliphatic rings. The van der Waals surface area contributed by atoms with Gasteiger partial charge >= 0.3 is 6.03 Å². The van der Waals surface area contributed by atoms with Gasteiger partial charge in [0.2, 0.25) is 0 Å². The van der Waals surface area contributed by atoms with Crippen molar-refractivity contribution in [3.63, 3.8) is 0 Å². The minimum atomic E-state index is -0.687. The summed E-state index contributed by atoms with van der Waals surface area (Å²) in [5, 5.41) is 11.2. The van der Waals surface area contributed by atoms with Crippen molar-refractivity contribution < 1.29 is 19.0 Å². The van der Waals surface area contributed by atoms with Gasteiger partial charge in [0.05, 0.1) is 23.9 Å². The Kier molecular flexibility index (Phi) is 6.55. The van der Waals surface area contributed by atoms with E-state index in [1.807, 2.05) is 0 Å². The summed E-state index contributed by atoms with van der Waals surface area (Å²) in [5.41, 5.74) is -0.00198. The van der Waals surface area contributed by atoms with E-state index in [1.54, 1.807) is 0 Å². The number of aliphatic hydroxyl groups is 1. The van der Waals surface area contributed by atoms with Crippen molar-refractivity contribution >= 4 is 23.3 Å². The number of hydrogen-bond donors (Lipinski definition) is 2. The van der Waals surface area contributed by atoms with Crippen molar-refractivity contribution in [2.24, 2.45) is 0 Å². The first-order valence-corrected chi connectivity index (χ1v) is 6.07. The summed E-state index contributed by atoms with van der Waals surface area (Å²) in [6.07, 6.45) is 0. The molecule has 0 bridgehead atoms. The number of carbonyl (C=O) groups is 1. The molecule has 1 aromatic rings. The SMILES string of the molecule is COCCN(CCO)C(=O)Nc1cccc(Cl)c1F. The van der Waals surface area contributed by atoms with Crippen LogP contribution in [0.4, 0.5) is 14.9 Å². The van der Waals surface area contributed by atoms with E-state index >= 15 is 0 Å². The second kappa shape index (κ2) is 7.93. The fraction of sp³-hybridized carbons (Fsp3) is 0.417. The Morgan fingerprint density at radius 2 is 2.26 bits per heavy atom. The van der Waals surface area contributed by atoms with Crippen molar-refractivity contribution in [1.29, 1.82) is 0 Å². The molecule has 0 atom stereocenters. The standard InChI is InChI=1S/C12H16ClFN2O3/c1-19-8-6-16(5-7-17)12(18)15-10-4-2-3-9(13)11(10)14/h2-4,17H,5-8H2,1H3,(H,15,18). The molecule has 0 unspecified atom stereocenters. The Labute approximate surface area is 115 Å². The lowest BCUT2D eigenvalue weighted by atomic mass is 10.3. The van der Waals surface area contributed by atoms with Crippen LogP contribution in [0.25, 0.3) is 0 Å².